The van der Waals surface area contributed by atoms with Crippen molar-refractivity contribution in [1.82, 2.24) is 0 Å². The Kier molecular flexibility index (Phi) is 3.35. The van der Waals surface area contributed by atoms with Gasteiger partial charge in [0.05, 0.1) is 0 Å². The molecule has 0 spiro atoms. The molecule has 0 aliphatic carbocycles. The molecule has 0 aliphatic heterocycles. The van der Waals surface area contributed by atoms with Crippen LogP contribution in [0, 0.1) is 0 Å². The van der Waals surface area contributed by atoms with E-state index in [1.807, 2.05) is 24.3 Å². The summed E-state index contributed by atoms with van der Waals surface area (Å²) in [6, 6.07) is 11.4. The van der Waals surface area contributed by atoms with Gasteiger partial charge in [0, 0.05) is 5.39 Å². The third kappa shape index (κ3) is 2.76. The first-order valence-corrected chi connectivity index (χ1v) is 9.52. The molecular weight excluding hydrogens is 252 g/mol. The number of hydrogen-bond donors (Lipinski definition) is 1. The van der Waals surface area contributed by atoms with E-state index in [-0.39, 0.29) is 10.8 Å². The average molecular weight is 274 g/mol. The molecule has 0 saturated carbocycles. The molecule has 0 amide bonds. The van der Waals surface area contributed by atoms with E-state index < -0.39 is 8.32 Å². The van der Waals surface area contributed by atoms with E-state index in [4.69, 9.17) is 4.43 Å². The number of hydrogen-bond acceptors (Lipinski definition) is 2. The van der Waals surface area contributed by atoms with Gasteiger partial charge >= 0.3 is 0 Å². The Morgan fingerprint density at radius 3 is 2.37 bits per heavy atom. The largest absolute Gasteiger partial charge is 0.543 e. The van der Waals surface area contributed by atoms with Crippen LogP contribution in [0.2, 0.25) is 18.1 Å². The van der Waals surface area contributed by atoms with Gasteiger partial charge < -0.3 is 9.53 Å². The maximum atomic E-state index is 9.55. The Morgan fingerprint density at radius 2 is 1.74 bits per heavy atom. The molecule has 102 valence electrons. The number of rotatable bonds is 2. The minimum Gasteiger partial charge on any atom is -0.543 e. The fourth-order valence-corrected chi connectivity index (χ4v) is 2.79. The SMILES string of the molecule is CC(C)(C)[Si](C)(C)Oc1cccc2cc(O)ccc12. The molecule has 0 heterocycles. The van der Waals surface area contributed by atoms with E-state index in [9.17, 15) is 5.11 Å². The number of phenols is 1. The monoisotopic (exact) mass is 274 g/mol. The highest BCUT2D eigenvalue weighted by molar-refractivity contribution is 6.74. The molecule has 0 aliphatic rings. The second-order valence-electron chi connectivity index (χ2n) is 6.52. The normalized spacial score (nSPS) is 12.7. The topological polar surface area (TPSA) is 29.5 Å². The minimum atomic E-state index is -1.84. The van der Waals surface area contributed by atoms with Gasteiger partial charge in [-0.25, -0.2) is 0 Å². The molecule has 2 rings (SSSR count). The first kappa shape index (κ1) is 13.9. The Morgan fingerprint density at radius 1 is 1.05 bits per heavy atom. The number of benzene rings is 2. The van der Waals surface area contributed by atoms with Gasteiger partial charge in [0.25, 0.3) is 8.32 Å². The van der Waals surface area contributed by atoms with Crippen molar-refractivity contribution in [1.29, 1.82) is 0 Å². The van der Waals surface area contributed by atoms with E-state index in [1.165, 1.54) is 0 Å². The summed E-state index contributed by atoms with van der Waals surface area (Å²) in [5.74, 6) is 1.21. The highest BCUT2D eigenvalue weighted by Gasteiger charge is 2.39. The van der Waals surface area contributed by atoms with Crippen LogP contribution in [0.5, 0.6) is 11.5 Å². The second kappa shape index (κ2) is 4.56. The van der Waals surface area contributed by atoms with Gasteiger partial charge in [0.15, 0.2) is 0 Å². The third-order valence-corrected chi connectivity index (χ3v) is 8.34. The molecule has 2 nitrogen and oxygen atoms in total. The van der Waals surface area contributed by atoms with Crippen molar-refractivity contribution in [2.75, 3.05) is 0 Å². The molecule has 2 aromatic carbocycles. The molecule has 3 heteroatoms. The summed E-state index contributed by atoms with van der Waals surface area (Å²) in [6.45, 7) is 11.2. The molecule has 0 radical (unpaired) electrons. The quantitative estimate of drug-likeness (QED) is 0.787. The first-order valence-electron chi connectivity index (χ1n) is 6.61. The van der Waals surface area contributed by atoms with E-state index >= 15 is 0 Å². The van der Waals surface area contributed by atoms with Crippen LogP contribution < -0.4 is 4.43 Å². The van der Waals surface area contributed by atoms with E-state index in [1.54, 1.807) is 12.1 Å². The maximum Gasteiger partial charge on any atom is 0.250 e. The third-order valence-electron chi connectivity index (χ3n) is 4.00. The summed E-state index contributed by atoms with van der Waals surface area (Å²) >= 11 is 0. The van der Waals surface area contributed by atoms with Crippen molar-refractivity contribution in [3.05, 3.63) is 36.4 Å². The van der Waals surface area contributed by atoms with Gasteiger partial charge in [-0.1, -0.05) is 32.9 Å². The second-order valence-corrected chi connectivity index (χ2v) is 11.2. The molecule has 2 aromatic rings. The summed E-state index contributed by atoms with van der Waals surface area (Å²) in [5, 5.41) is 11.8. The van der Waals surface area contributed by atoms with Gasteiger partial charge in [0.1, 0.15) is 11.5 Å². The highest BCUT2D eigenvalue weighted by atomic mass is 28.4. The molecule has 0 saturated heterocycles. The Labute approximate surface area is 116 Å². The van der Waals surface area contributed by atoms with Gasteiger partial charge in [-0.2, -0.15) is 0 Å². The van der Waals surface area contributed by atoms with Crippen molar-refractivity contribution in [2.45, 2.75) is 38.9 Å². The Balaban J connectivity index is 2.47. The first-order chi connectivity index (χ1) is 8.71. The predicted molar refractivity (Wildman–Crippen MR) is 83.4 cm³/mol. The van der Waals surface area contributed by atoms with Crippen LogP contribution in [0.15, 0.2) is 36.4 Å². The van der Waals surface area contributed by atoms with Gasteiger partial charge in [-0.15, -0.1) is 0 Å². The molecular formula is C16H22O2Si. The van der Waals surface area contributed by atoms with E-state index in [2.05, 4.69) is 33.9 Å². The zero-order chi connectivity index (χ0) is 14.3. The molecule has 1 N–H and O–H groups in total. The standard InChI is InChI=1S/C16H22O2Si/c1-16(2,3)19(4,5)18-15-8-6-7-12-11-13(17)9-10-14(12)15/h6-11,17H,1-5H3. The smallest absolute Gasteiger partial charge is 0.250 e. The molecule has 0 fully saturated rings. The van der Waals surface area contributed by atoms with Crippen molar-refractivity contribution >= 4 is 19.1 Å². The fraction of sp³-hybridized carbons (Fsp3) is 0.375. The van der Waals surface area contributed by atoms with Crippen LogP contribution in [0.3, 0.4) is 0 Å². The maximum absolute atomic E-state index is 9.55. The van der Waals surface area contributed by atoms with E-state index in [0.29, 0.717) is 0 Å². The Hall–Kier alpha value is -1.48. The van der Waals surface area contributed by atoms with Crippen molar-refractivity contribution in [3.8, 4) is 11.5 Å². The van der Waals surface area contributed by atoms with Crippen molar-refractivity contribution in [2.24, 2.45) is 0 Å². The zero-order valence-electron chi connectivity index (χ0n) is 12.3. The van der Waals surface area contributed by atoms with Crippen LogP contribution in [-0.4, -0.2) is 13.4 Å². The van der Waals surface area contributed by atoms with Crippen molar-refractivity contribution in [3.63, 3.8) is 0 Å². The summed E-state index contributed by atoms with van der Waals surface area (Å²) in [7, 11) is -1.84. The van der Waals surface area contributed by atoms with Crippen LogP contribution in [0.1, 0.15) is 20.8 Å². The number of aromatic hydroxyl groups is 1. The molecule has 0 bridgehead atoms. The van der Waals surface area contributed by atoms with Crippen LogP contribution in [0.4, 0.5) is 0 Å². The lowest BCUT2D eigenvalue weighted by molar-refractivity contribution is 0.476. The predicted octanol–water partition coefficient (Wildman–Crippen LogP) is 4.93. The summed E-state index contributed by atoms with van der Waals surface area (Å²) in [4.78, 5) is 0. The lowest BCUT2D eigenvalue weighted by Crippen LogP contribution is -2.43. The van der Waals surface area contributed by atoms with Crippen LogP contribution >= 0.6 is 0 Å². The fourth-order valence-electron chi connectivity index (χ4n) is 1.76. The lowest BCUT2D eigenvalue weighted by atomic mass is 10.1. The zero-order valence-corrected chi connectivity index (χ0v) is 13.3. The van der Waals surface area contributed by atoms with Crippen LogP contribution in [0.25, 0.3) is 10.8 Å². The Bertz CT molecular complexity index is 597. The number of fused-ring (bicyclic) bond motifs is 1. The van der Waals surface area contributed by atoms with Gasteiger partial charge in [-0.05, 0) is 47.8 Å². The van der Waals surface area contributed by atoms with Crippen molar-refractivity contribution < 1.29 is 9.53 Å². The summed E-state index contributed by atoms with van der Waals surface area (Å²) in [5.41, 5.74) is 0. The average Bonchev–Trinajstić information content (AvgIpc) is 2.26. The molecule has 0 unspecified atom stereocenters. The summed E-state index contributed by atoms with van der Waals surface area (Å²) in [6.07, 6.45) is 0. The minimum absolute atomic E-state index is 0.173. The number of phenolic OH excluding ortho intramolecular Hbond substituents is 1. The van der Waals surface area contributed by atoms with Gasteiger partial charge in [-0.3, -0.25) is 0 Å². The molecule has 19 heavy (non-hydrogen) atoms. The summed E-state index contributed by atoms with van der Waals surface area (Å²) < 4.78 is 6.38. The van der Waals surface area contributed by atoms with E-state index in [0.717, 1.165) is 16.5 Å². The highest BCUT2D eigenvalue weighted by Crippen LogP contribution is 2.39. The van der Waals surface area contributed by atoms with Crippen LogP contribution in [-0.2, 0) is 0 Å². The molecule has 0 atom stereocenters. The van der Waals surface area contributed by atoms with Gasteiger partial charge in [0.2, 0.25) is 0 Å². The molecule has 0 aromatic heterocycles. The lowest BCUT2D eigenvalue weighted by Gasteiger charge is -2.36.